The van der Waals surface area contributed by atoms with Crippen LogP contribution in [0.2, 0.25) is 0 Å². The lowest BCUT2D eigenvalue weighted by Crippen LogP contribution is -2.54. The second-order valence-corrected chi connectivity index (χ2v) is 6.97. The van der Waals surface area contributed by atoms with Gasteiger partial charge in [-0.1, -0.05) is 6.07 Å². The first-order valence-corrected chi connectivity index (χ1v) is 10.2. The third-order valence-electron chi connectivity index (χ3n) is 5.27. The fourth-order valence-electron chi connectivity index (χ4n) is 3.68. The van der Waals surface area contributed by atoms with Gasteiger partial charge in [0.05, 0.1) is 27.6 Å². The molecular formula is C22H31IN4O5. The smallest absolute Gasteiger partial charge is 0.289 e. The molecule has 0 radical (unpaired) electrons. The molecule has 32 heavy (non-hydrogen) atoms. The van der Waals surface area contributed by atoms with Gasteiger partial charge in [0.25, 0.3) is 5.91 Å². The number of halogens is 1. The Hall–Kier alpha value is -2.63. The van der Waals surface area contributed by atoms with E-state index in [2.05, 4.69) is 15.2 Å². The van der Waals surface area contributed by atoms with E-state index in [4.69, 9.17) is 18.6 Å². The number of nitrogens with one attached hydrogen (secondary N) is 1. The molecule has 10 heteroatoms. The number of hydrogen-bond donors (Lipinski definition) is 1. The van der Waals surface area contributed by atoms with Crippen molar-refractivity contribution in [2.45, 2.75) is 6.42 Å². The van der Waals surface area contributed by atoms with Crippen LogP contribution in [0.15, 0.2) is 39.9 Å². The molecule has 9 nitrogen and oxygen atoms in total. The van der Waals surface area contributed by atoms with Crippen molar-refractivity contribution in [3.8, 4) is 17.2 Å². The van der Waals surface area contributed by atoms with E-state index in [1.807, 2.05) is 12.1 Å². The van der Waals surface area contributed by atoms with Crippen molar-refractivity contribution in [2.75, 3.05) is 61.1 Å². The molecule has 0 saturated carbocycles. The van der Waals surface area contributed by atoms with E-state index in [-0.39, 0.29) is 29.9 Å². The van der Waals surface area contributed by atoms with E-state index in [0.717, 1.165) is 17.9 Å². The zero-order valence-corrected chi connectivity index (χ0v) is 21.3. The van der Waals surface area contributed by atoms with Crippen molar-refractivity contribution in [1.29, 1.82) is 0 Å². The van der Waals surface area contributed by atoms with Crippen molar-refractivity contribution < 1.29 is 23.4 Å². The summed E-state index contributed by atoms with van der Waals surface area (Å²) < 4.78 is 21.6. The number of nitrogens with zero attached hydrogens (tertiary/aromatic N) is 3. The molecule has 1 aliphatic rings. The monoisotopic (exact) mass is 558 g/mol. The SMILES string of the molecule is CN=C(NCCc1ccc(OC)c(OC)c1OC)N1CCN(C(=O)c2ccco2)CC1.I. The van der Waals surface area contributed by atoms with Gasteiger partial charge in [0.2, 0.25) is 5.75 Å². The van der Waals surface area contributed by atoms with E-state index in [1.54, 1.807) is 45.4 Å². The Balaban J connectivity index is 0.00000363. The van der Waals surface area contributed by atoms with Crippen LogP contribution in [0.3, 0.4) is 0 Å². The molecule has 0 atom stereocenters. The van der Waals surface area contributed by atoms with Crippen LogP contribution in [-0.4, -0.2) is 82.8 Å². The first kappa shape index (κ1) is 25.6. The first-order chi connectivity index (χ1) is 15.1. The summed E-state index contributed by atoms with van der Waals surface area (Å²) in [7, 11) is 6.58. The summed E-state index contributed by atoms with van der Waals surface area (Å²) in [6.45, 7) is 3.30. The van der Waals surface area contributed by atoms with Gasteiger partial charge < -0.3 is 33.7 Å². The number of amides is 1. The maximum absolute atomic E-state index is 12.4. The molecule has 1 aliphatic heterocycles. The van der Waals surface area contributed by atoms with Gasteiger partial charge in [-0.15, -0.1) is 24.0 Å². The van der Waals surface area contributed by atoms with E-state index in [9.17, 15) is 4.79 Å². The zero-order valence-electron chi connectivity index (χ0n) is 18.9. The van der Waals surface area contributed by atoms with E-state index < -0.39 is 0 Å². The summed E-state index contributed by atoms with van der Waals surface area (Å²) in [4.78, 5) is 20.8. The Kier molecular flexibility index (Phi) is 9.95. The molecule has 1 N–H and O–H groups in total. The lowest BCUT2D eigenvalue weighted by molar-refractivity contribution is 0.0658. The number of hydrogen-bond acceptors (Lipinski definition) is 6. The van der Waals surface area contributed by atoms with Crippen molar-refractivity contribution in [2.24, 2.45) is 4.99 Å². The predicted molar refractivity (Wildman–Crippen MR) is 133 cm³/mol. The molecule has 0 unspecified atom stereocenters. The fourth-order valence-corrected chi connectivity index (χ4v) is 3.68. The Bertz CT molecular complexity index is 896. The Morgan fingerprint density at radius 2 is 1.72 bits per heavy atom. The normalized spacial score (nSPS) is 13.9. The minimum atomic E-state index is -0.0758. The molecule has 1 aromatic carbocycles. The van der Waals surface area contributed by atoms with Crippen LogP contribution in [0.25, 0.3) is 0 Å². The predicted octanol–water partition coefficient (Wildman–Crippen LogP) is 2.50. The summed E-state index contributed by atoms with van der Waals surface area (Å²) in [6.07, 6.45) is 2.24. The zero-order chi connectivity index (χ0) is 22.2. The molecule has 1 saturated heterocycles. The van der Waals surface area contributed by atoms with Crippen LogP contribution in [0.1, 0.15) is 16.1 Å². The standard InChI is InChI=1S/C22H30N4O5.HI/c1-23-22(26-13-11-25(12-14-26)21(27)18-6-5-15-31-18)24-10-9-16-7-8-17(28-2)20(30-4)19(16)29-3;/h5-8,15H,9-14H2,1-4H3,(H,23,24);1H. The van der Waals surface area contributed by atoms with Crippen molar-refractivity contribution in [1.82, 2.24) is 15.1 Å². The van der Waals surface area contributed by atoms with Crippen LogP contribution in [0.4, 0.5) is 0 Å². The quantitative estimate of drug-likeness (QED) is 0.318. The largest absolute Gasteiger partial charge is 0.493 e. The van der Waals surface area contributed by atoms with Gasteiger partial charge in [-0.3, -0.25) is 9.79 Å². The maximum atomic E-state index is 12.4. The highest BCUT2D eigenvalue weighted by Crippen LogP contribution is 2.39. The van der Waals surface area contributed by atoms with Gasteiger partial charge in [-0.25, -0.2) is 0 Å². The number of carbonyl (C=O) groups excluding carboxylic acids is 1. The summed E-state index contributed by atoms with van der Waals surface area (Å²) in [5.74, 6) is 3.00. The summed E-state index contributed by atoms with van der Waals surface area (Å²) in [5.41, 5.74) is 1.01. The number of furan rings is 1. The summed E-state index contributed by atoms with van der Waals surface area (Å²) >= 11 is 0. The number of aliphatic imine (C=N–C) groups is 1. The molecule has 0 aliphatic carbocycles. The average molecular weight is 558 g/mol. The second kappa shape index (κ2) is 12.4. The van der Waals surface area contributed by atoms with E-state index in [0.29, 0.717) is 55.7 Å². The molecular weight excluding hydrogens is 527 g/mol. The van der Waals surface area contributed by atoms with Gasteiger partial charge >= 0.3 is 0 Å². The van der Waals surface area contributed by atoms with Gasteiger partial charge in [-0.2, -0.15) is 0 Å². The minimum Gasteiger partial charge on any atom is -0.493 e. The molecule has 0 spiro atoms. The number of guanidine groups is 1. The lowest BCUT2D eigenvalue weighted by Gasteiger charge is -2.36. The van der Waals surface area contributed by atoms with Crippen molar-refractivity contribution in [3.05, 3.63) is 41.9 Å². The molecule has 176 valence electrons. The molecule has 2 heterocycles. The van der Waals surface area contributed by atoms with Crippen LogP contribution < -0.4 is 19.5 Å². The first-order valence-electron chi connectivity index (χ1n) is 10.2. The number of carbonyl (C=O) groups is 1. The molecule has 1 fully saturated rings. The van der Waals surface area contributed by atoms with Crippen molar-refractivity contribution >= 4 is 35.8 Å². The fraction of sp³-hybridized carbons (Fsp3) is 0.455. The summed E-state index contributed by atoms with van der Waals surface area (Å²) in [5, 5.41) is 3.40. The number of methoxy groups -OCH3 is 3. The topological polar surface area (TPSA) is 88.8 Å². The minimum absolute atomic E-state index is 0. The van der Waals surface area contributed by atoms with Gasteiger partial charge in [0.1, 0.15) is 0 Å². The number of benzene rings is 1. The molecule has 1 amide bonds. The Labute approximate surface area is 205 Å². The van der Waals surface area contributed by atoms with Crippen LogP contribution >= 0.6 is 24.0 Å². The summed E-state index contributed by atoms with van der Waals surface area (Å²) in [6, 6.07) is 7.27. The number of ether oxygens (including phenoxy) is 3. The number of piperazine rings is 1. The highest BCUT2D eigenvalue weighted by molar-refractivity contribution is 14.0. The third-order valence-corrected chi connectivity index (χ3v) is 5.27. The van der Waals surface area contributed by atoms with Crippen LogP contribution in [0, 0.1) is 0 Å². The van der Waals surface area contributed by atoms with Crippen LogP contribution in [0.5, 0.6) is 17.2 Å². The molecule has 3 rings (SSSR count). The molecule has 0 bridgehead atoms. The van der Waals surface area contributed by atoms with E-state index in [1.165, 1.54) is 6.26 Å². The third kappa shape index (κ3) is 5.78. The highest BCUT2D eigenvalue weighted by atomic mass is 127. The molecule has 1 aromatic heterocycles. The number of rotatable bonds is 7. The van der Waals surface area contributed by atoms with Gasteiger partial charge in [-0.05, 0) is 24.6 Å². The molecule has 2 aromatic rings. The van der Waals surface area contributed by atoms with Crippen molar-refractivity contribution in [3.63, 3.8) is 0 Å². The second-order valence-electron chi connectivity index (χ2n) is 6.97. The Morgan fingerprint density at radius 1 is 1.03 bits per heavy atom. The van der Waals surface area contributed by atoms with E-state index >= 15 is 0 Å². The Morgan fingerprint density at radius 3 is 2.28 bits per heavy atom. The van der Waals surface area contributed by atoms with Gasteiger partial charge in [0, 0.05) is 45.3 Å². The van der Waals surface area contributed by atoms with Crippen LogP contribution in [-0.2, 0) is 6.42 Å². The maximum Gasteiger partial charge on any atom is 0.289 e. The highest BCUT2D eigenvalue weighted by Gasteiger charge is 2.25. The average Bonchev–Trinajstić information content (AvgIpc) is 3.36. The lowest BCUT2D eigenvalue weighted by atomic mass is 10.1. The van der Waals surface area contributed by atoms with Gasteiger partial charge in [0.15, 0.2) is 23.2 Å².